The van der Waals surface area contributed by atoms with Crippen LogP contribution in [0.25, 0.3) is 10.8 Å². The van der Waals surface area contributed by atoms with Crippen molar-refractivity contribution in [2.24, 2.45) is 17.6 Å². The van der Waals surface area contributed by atoms with Crippen LogP contribution in [0.2, 0.25) is 0 Å². The van der Waals surface area contributed by atoms with E-state index < -0.39 is 0 Å². The molecule has 1 heterocycles. The molecule has 3 nitrogen and oxygen atoms in total. The van der Waals surface area contributed by atoms with E-state index in [1.165, 1.54) is 16.3 Å². The smallest absolute Gasteiger partial charge is 0.226 e. The number of hydrogen-bond acceptors (Lipinski definition) is 2. The molecule has 2 aromatic rings. The third kappa shape index (κ3) is 2.96. The highest BCUT2D eigenvalue weighted by atomic mass is 35.5. The monoisotopic (exact) mass is 330 g/mol. The zero-order valence-corrected chi connectivity index (χ0v) is 14.0. The van der Waals surface area contributed by atoms with E-state index in [1.807, 2.05) is 4.90 Å². The number of fused-ring (bicyclic) bond motifs is 1. The molecule has 1 saturated heterocycles. The van der Waals surface area contributed by atoms with Crippen LogP contribution in [0.5, 0.6) is 0 Å². The predicted octanol–water partition coefficient (Wildman–Crippen LogP) is 3.17. The van der Waals surface area contributed by atoms with E-state index in [0.29, 0.717) is 24.3 Å². The number of rotatable bonds is 3. The van der Waals surface area contributed by atoms with Gasteiger partial charge in [0, 0.05) is 19.0 Å². The second-order valence-corrected chi connectivity index (χ2v) is 6.69. The number of benzene rings is 2. The Bertz CT molecular complexity index is 712. The summed E-state index contributed by atoms with van der Waals surface area (Å²) in [4.78, 5) is 14.7. The fourth-order valence-corrected chi connectivity index (χ4v) is 3.85. The molecule has 4 heteroatoms. The summed E-state index contributed by atoms with van der Waals surface area (Å²) in [5.41, 5.74) is 7.07. The van der Waals surface area contributed by atoms with Gasteiger partial charge in [0.15, 0.2) is 0 Å². The third-order valence-electron chi connectivity index (χ3n) is 5.26. The van der Waals surface area contributed by atoms with Gasteiger partial charge in [0.2, 0.25) is 5.91 Å². The highest BCUT2D eigenvalue weighted by Gasteiger charge is 2.47. The van der Waals surface area contributed by atoms with Crippen molar-refractivity contribution in [2.75, 3.05) is 19.6 Å². The minimum atomic E-state index is 0. The van der Waals surface area contributed by atoms with Gasteiger partial charge in [-0.15, -0.1) is 12.4 Å². The summed E-state index contributed by atoms with van der Waals surface area (Å²) in [6.45, 7) is 2.44. The van der Waals surface area contributed by atoms with Crippen LogP contribution in [0.4, 0.5) is 0 Å². The molecule has 1 saturated carbocycles. The first kappa shape index (κ1) is 16.3. The number of amides is 1. The Labute approximate surface area is 143 Å². The molecule has 2 aromatic carbocycles. The molecule has 0 radical (unpaired) electrons. The highest BCUT2D eigenvalue weighted by Crippen LogP contribution is 2.50. The summed E-state index contributed by atoms with van der Waals surface area (Å²) in [6, 6.07) is 14.9. The summed E-state index contributed by atoms with van der Waals surface area (Å²) >= 11 is 0. The molecule has 1 aliphatic carbocycles. The van der Waals surface area contributed by atoms with E-state index in [4.69, 9.17) is 5.73 Å². The Morgan fingerprint density at radius 2 is 1.96 bits per heavy atom. The van der Waals surface area contributed by atoms with Gasteiger partial charge in [-0.05, 0) is 47.6 Å². The fraction of sp³-hybridized carbons (Fsp3) is 0.421. The van der Waals surface area contributed by atoms with Crippen molar-refractivity contribution < 1.29 is 4.79 Å². The Hall–Kier alpha value is -1.58. The van der Waals surface area contributed by atoms with Crippen LogP contribution in [0, 0.1) is 11.8 Å². The number of nitrogens with two attached hydrogens (primary N) is 1. The third-order valence-corrected chi connectivity index (χ3v) is 5.26. The van der Waals surface area contributed by atoms with Gasteiger partial charge in [0.05, 0.1) is 0 Å². The van der Waals surface area contributed by atoms with Gasteiger partial charge in [-0.3, -0.25) is 4.79 Å². The van der Waals surface area contributed by atoms with Crippen LogP contribution >= 0.6 is 12.4 Å². The summed E-state index contributed by atoms with van der Waals surface area (Å²) in [5.74, 6) is 1.42. The maximum absolute atomic E-state index is 12.7. The van der Waals surface area contributed by atoms with Crippen molar-refractivity contribution >= 4 is 29.1 Å². The van der Waals surface area contributed by atoms with Gasteiger partial charge in [0.1, 0.15) is 0 Å². The summed E-state index contributed by atoms with van der Waals surface area (Å²) in [7, 11) is 0. The summed E-state index contributed by atoms with van der Waals surface area (Å²) in [5, 5.41) is 2.56. The normalized spacial score (nSPS) is 26.1. The quantitative estimate of drug-likeness (QED) is 0.939. The average molecular weight is 331 g/mol. The maximum atomic E-state index is 12.7. The van der Waals surface area contributed by atoms with Crippen molar-refractivity contribution in [1.29, 1.82) is 0 Å². The van der Waals surface area contributed by atoms with E-state index in [0.717, 1.165) is 25.9 Å². The number of nitrogens with zero attached hydrogens (tertiary/aromatic N) is 1. The van der Waals surface area contributed by atoms with Crippen LogP contribution < -0.4 is 5.73 Å². The summed E-state index contributed by atoms with van der Waals surface area (Å²) in [6.07, 6.45) is 2.06. The Balaban J connectivity index is 0.00000156. The Morgan fingerprint density at radius 1 is 1.17 bits per heavy atom. The zero-order valence-electron chi connectivity index (χ0n) is 13.2. The lowest BCUT2D eigenvalue weighted by Gasteiger charge is -2.16. The molecular formula is C19H23ClN2O. The van der Waals surface area contributed by atoms with Gasteiger partial charge in [0.25, 0.3) is 0 Å². The maximum Gasteiger partial charge on any atom is 0.226 e. The summed E-state index contributed by atoms with van der Waals surface area (Å²) < 4.78 is 0. The standard InChI is InChI=1S/C19H22N2O.ClH/c20-11-13-8-9-21(12-13)19(22)18-10-17(18)16-7-3-5-14-4-1-2-6-15(14)16;/h1-7,13,17-18H,8-12,20H2;1H. The van der Waals surface area contributed by atoms with Gasteiger partial charge in [-0.2, -0.15) is 0 Å². The molecule has 1 amide bonds. The number of carbonyl (C=O) groups excluding carboxylic acids is 1. The topological polar surface area (TPSA) is 46.3 Å². The van der Waals surface area contributed by atoms with Gasteiger partial charge in [-0.1, -0.05) is 42.5 Å². The lowest BCUT2D eigenvalue weighted by Crippen LogP contribution is -2.31. The first-order valence-corrected chi connectivity index (χ1v) is 8.24. The number of halogens is 1. The van der Waals surface area contributed by atoms with E-state index in [2.05, 4.69) is 42.5 Å². The molecule has 122 valence electrons. The molecule has 3 unspecified atom stereocenters. The molecule has 0 spiro atoms. The van der Waals surface area contributed by atoms with E-state index >= 15 is 0 Å². The molecule has 1 aliphatic heterocycles. The number of likely N-dealkylation sites (tertiary alicyclic amines) is 1. The molecule has 4 rings (SSSR count). The van der Waals surface area contributed by atoms with E-state index in [1.54, 1.807) is 0 Å². The molecule has 0 aromatic heterocycles. The average Bonchev–Trinajstić information content (AvgIpc) is 3.21. The first-order chi connectivity index (χ1) is 10.8. The molecule has 3 atom stereocenters. The van der Waals surface area contributed by atoms with Crippen molar-refractivity contribution in [1.82, 2.24) is 4.90 Å². The van der Waals surface area contributed by atoms with E-state index in [9.17, 15) is 4.79 Å². The fourth-order valence-electron chi connectivity index (χ4n) is 3.85. The second kappa shape index (κ2) is 6.50. The van der Waals surface area contributed by atoms with Gasteiger partial charge >= 0.3 is 0 Å². The number of hydrogen-bond donors (Lipinski definition) is 1. The van der Waals surface area contributed by atoms with Crippen LogP contribution in [-0.4, -0.2) is 30.4 Å². The first-order valence-electron chi connectivity index (χ1n) is 8.24. The molecule has 2 aliphatic rings. The highest BCUT2D eigenvalue weighted by molar-refractivity contribution is 5.89. The molecule has 2 fully saturated rings. The molecule has 2 N–H and O–H groups in total. The Kier molecular flexibility index (Phi) is 4.60. The van der Waals surface area contributed by atoms with E-state index in [-0.39, 0.29) is 18.3 Å². The predicted molar refractivity (Wildman–Crippen MR) is 95.8 cm³/mol. The minimum Gasteiger partial charge on any atom is -0.342 e. The minimum absolute atomic E-state index is 0. The Morgan fingerprint density at radius 3 is 2.74 bits per heavy atom. The van der Waals surface area contributed by atoms with Crippen molar-refractivity contribution in [2.45, 2.75) is 18.8 Å². The lowest BCUT2D eigenvalue weighted by molar-refractivity contribution is -0.131. The molecule has 23 heavy (non-hydrogen) atoms. The number of carbonyl (C=O) groups is 1. The van der Waals surface area contributed by atoms with Crippen LogP contribution in [0.3, 0.4) is 0 Å². The second-order valence-electron chi connectivity index (χ2n) is 6.69. The van der Waals surface area contributed by atoms with Gasteiger partial charge in [-0.25, -0.2) is 0 Å². The van der Waals surface area contributed by atoms with Crippen LogP contribution in [0.1, 0.15) is 24.3 Å². The van der Waals surface area contributed by atoms with Crippen molar-refractivity contribution in [3.63, 3.8) is 0 Å². The largest absolute Gasteiger partial charge is 0.342 e. The van der Waals surface area contributed by atoms with Crippen molar-refractivity contribution in [3.05, 3.63) is 48.0 Å². The molecular weight excluding hydrogens is 308 g/mol. The van der Waals surface area contributed by atoms with Crippen molar-refractivity contribution in [3.8, 4) is 0 Å². The zero-order chi connectivity index (χ0) is 15.1. The van der Waals surface area contributed by atoms with Crippen LogP contribution in [0.15, 0.2) is 42.5 Å². The van der Waals surface area contributed by atoms with Gasteiger partial charge < -0.3 is 10.6 Å². The lowest BCUT2D eigenvalue weighted by atomic mass is 10.00. The molecule has 0 bridgehead atoms. The van der Waals surface area contributed by atoms with Crippen LogP contribution in [-0.2, 0) is 4.79 Å². The SMILES string of the molecule is Cl.NCC1CCN(C(=O)C2CC2c2cccc3ccccc23)C1.